The van der Waals surface area contributed by atoms with Crippen LogP contribution < -0.4 is 5.32 Å². The lowest BCUT2D eigenvalue weighted by Gasteiger charge is -2.16. The number of halogens is 1. The Morgan fingerprint density at radius 3 is 2.54 bits per heavy atom. The van der Waals surface area contributed by atoms with Gasteiger partial charge < -0.3 is 10.1 Å². The summed E-state index contributed by atoms with van der Waals surface area (Å²) in [5, 5.41) is 4.54. The minimum absolute atomic E-state index is 0.345. The van der Waals surface area contributed by atoms with Crippen LogP contribution in [0.15, 0.2) is 0 Å². The van der Waals surface area contributed by atoms with Crippen molar-refractivity contribution < 1.29 is 4.74 Å². The molecular formula is C10H22BrNO. The molecule has 1 atom stereocenters. The highest BCUT2D eigenvalue weighted by Crippen LogP contribution is 1.99. The van der Waals surface area contributed by atoms with Gasteiger partial charge in [-0.05, 0) is 26.7 Å². The number of nitrogens with one attached hydrogen (secondary N) is 1. The Morgan fingerprint density at radius 1 is 1.38 bits per heavy atom. The van der Waals surface area contributed by atoms with Crippen molar-refractivity contribution in [2.75, 3.05) is 18.5 Å². The van der Waals surface area contributed by atoms with Crippen LogP contribution in [0, 0.1) is 0 Å². The maximum Gasteiger partial charge on any atom is 0.0594 e. The predicted octanol–water partition coefficient (Wildman–Crippen LogP) is 2.56. The fraction of sp³-hybridized carbons (Fsp3) is 1.00. The Morgan fingerprint density at radius 2 is 2.08 bits per heavy atom. The van der Waals surface area contributed by atoms with Gasteiger partial charge in [-0.1, -0.05) is 22.9 Å². The van der Waals surface area contributed by atoms with Crippen molar-refractivity contribution in [3.05, 3.63) is 0 Å². The molecule has 0 aliphatic carbocycles. The SMILES string of the molecule is CCC(CCBr)NCCOC(C)C. The Hall–Kier alpha value is 0.400. The number of hydrogen-bond donors (Lipinski definition) is 1. The van der Waals surface area contributed by atoms with E-state index in [2.05, 4.69) is 42.0 Å². The molecule has 1 unspecified atom stereocenters. The molecule has 0 rings (SSSR count). The molecule has 13 heavy (non-hydrogen) atoms. The van der Waals surface area contributed by atoms with Crippen LogP contribution in [0.1, 0.15) is 33.6 Å². The van der Waals surface area contributed by atoms with Gasteiger partial charge in [0.15, 0.2) is 0 Å². The third-order valence-corrected chi connectivity index (χ3v) is 2.39. The second kappa shape index (κ2) is 8.97. The first-order chi connectivity index (χ1) is 6.20. The summed E-state index contributed by atoms with van der Waals surface area (Å²) in [5.41, 5.74) is 0. The van der Waals surface area contributed by atoms with Gasteiger partial charge in [-0.15, -0.1) is 0 Å². The first kappa shape index (κ1) is 13.4. The van der Waals surface area contributed by atoms with Crippen LogP contribution in [-0.4, -0.2) is 30.6 Å². The van der Waals surface area contributed by atoms with E-state index >= 15 is 0 Å². The summed E-state index contributed by atoms with van der Waals surface area (Å²) in [7, 11) is 0. The molecule has 0 saturated carbocycles. The van der Waals surface area contributed by atoms with E-state index in [9.17, 15) is 0 Å². The summed E-state index contributed by atoms with van der Waals surface area (Å²) in [6.07, 6.45) is 2.73. The molecule has 0 radical (unpaired) electrons. The maximum atomic E-state index is 5.44. The largest absolute Gasteiger partial charge is 0.377 e. The van der Waals surface area contributed by atoms with Crippen molar-refractivity contribution >= 4 is 15.9 Å². The number of hydrogen-bond acceptors (Lipinski definition) is 2. The number of alkyl halides is 1. The minimum Gasteiger partial charge on any atom is -0.377 e. The second-order valence-corrected chi connectivity index (χ2v) is 4.25. The summed E-state index contributed by atoms with van der Waals surface area (Å²) in [4.78, 5) is 0. The molecule has 0 fully saturated rings. The van der Waals surface area contributed by atoms with E-state index in [4.69, 9.17) is 4.74 Å². The summed E-state index contributed by atoms with van der Waals surface area (Å²) < 4.78 is 5.44. The summed E-state index contributed by atoms with van der Waals surface area (Å²) >= 11 is 3.45. The fourth-order valence-corrected chi connectivity index (χ4v) is 1.69. The second-order valence-electron chi connectivity index (χ2n) is 3.46. The lowest BCUT2D eigenvalue weighted by molar-refractivity contribution is 0.0792. The zero-order valence-corrected chi connectivity index (χ0v) is 10.6. The monoisotopic (exact) mass is 251 g/mol. The van der Waals surface area contributed by atoms with Gasteiger partial charge in [-0.2, -0.15) is 0 Å². The molecule has 0 aliphatic rings. The molecule has 1 N–H and O–H groups in total. The molecule has 0 bridgehead atoms. The maximum absolute atomic E-state index is 5.44. The van der Waals surface area contributed by atoms with Gasteiger partial charge in [0.2, 0.25) is 0 Å². The van der Waals surface area contributed by atoms with Gasteiger partial charge in [0, 0.05) is 17.9 Å². The first-order valence-electron chi connectivity index (χ1n) is 5.11. The first-order valence-corrected chi connectivity index (χ1v) is 6.23. The molecule has 0 amide bonds. The fourth-order valence-electron chi connectivity index (χ4n) is 1.14. The number of rotatable bonds is 8. The van der Waals surface area contributed by atoms with Crippen LogP contribution >= 0.6 is 15.9 Å². The highest BCUT2D eigenvalue weighted by Gasteiger charge is 2.03. The molecule has 0 aromatic heterocycles. The average molecular weight is 252 g/mol. The van der Waals surface area contributed by atoms with E-state index in [1.807, 2.05) is 0 Å². The molecule has 0 aromatic carbocycles. The van der Waals surface area contributed by atoms with Crippen LogP contribution in [0.4, 0.5) is 0 Å². The Bertz CT molecular complexity index is 109. The topological polar surface area (TPSA) is 21.3 Å². The Labute approximate surface area is 90.6 Å². The van der Waals surface area contributed by atoms with Crippen LogP contribution in [0.25, 0.3) is 0 Å². The van der Waals surface area contributed by atoms with E-state index in [1.54, 1.807) is 0 Å². The van der Waals surface area contributed by atoms with Crippen LogP contribution in [0.5, 0.6) is 0 Å². The van der Waals surface area contributed by atoms with Crippen molar-refractivity contribution in [2.24, 2.45) is 0 Å². The zero-order valence-electron chi connectivity index (χ0n) is 8.98. The van der Waals surface area contributed by atoms with E-state index < -0.39 is 0 Å². The van der Waals surface area contributed by atoms with Gasteiger partial charge >= 0.3 is 0 Å². The van der Waals surface area contributed by atoms with Crippen molar-refractivity contribution in [3.63, 3.8) is 0 Å². The molecule has 0 saturated heterocycles. The standard InChI is InChI=1S/C10H22BrNO/c1-4-10(5-6-11)12-7-8-13-9(2)3/h9-10,12H,4-8H2,1-3H3. The summed E-state index contributed by atoms with van der Waals surface area (Å²) in [5.74, 6) is 0. The van der Waals surface area contributed by atoms with E-state index in [0.717, 1.165) is 18.5 Å². The van der Waals surface area contributed by atoms with Crippen molar-refractivity contribution in [1.82, 2.24) is 5.32 Å². The smallest absolute Gasteiger partial charge is 0.0594 e. The van der Waals surface area contributed by atoms with E-state index in [1.165, 1.54) is 12.8 Å². The molecule has 2 nitrogen and oxygen atoms in total. The number of ether oxygens (including phenoxy) is 1. The summed E-state index contributed by atoms with van der Waals surface area (Å²) in [6, 6.07) is 0.634. The average Bonchev–Trinajstić information content (AvgIpc) is 2.10. The highest BCUT2D eigenvalue weighted by atomic mass is 79.9. The molecule has 0 spiro atoms. The van der Waals surface area contributed by atoms with Crippen LogP contribution in [0.2, 0.25) is 0 Å². The quantitative estimate of drug-likeness (QED) is 0.529. The van der Waals surface area contributed by atoms with Gasteiger partial charge in [-0.3, -0.25) is 0 Å². The lowest BCUT2D eigenvalue weighted by atomic mass is 10.2. The van der Waals surface area contributed by atoms with Crippen molar-refractivity contribution in [1.29, 1.82) is 0 Å². The van der Waals surface area contributed by atoms with Crippen molar-refractivity contribution in [2.45, 2.75) is 45.8 Å². The molecular weight excluding hydrogens is 230 g/mol. The minimum atomic E-state index is 0.345. The third kappa shape index (κ3) is 8.72. The molecule has 0 heterocycles. The highest BCUT2D eigenvalue weighted by molar-refractivity contribution is 9.09. The Balaban J connectivity index is 3.27. The van der Waals surface area contributed by atoms with Gasteiger partial charge in [0.05, 0.1) is 12.7 Å². The van der Waals surface area contributed by atoms with Crippen LogP contribution in [-0.2, 0) is 4.74 Å². The molecule has 3 heteroatoms. The molecule has 0 aromatic rings. The van der Waals surface area contributed by atoms with E-state index in [-0.39, 0.29) is 0 Å². The third-order valence-electron chi connectivity index (χ3n) is 1.94. The van der Waals surface area contributed by atoms with Gasteiger partial charge in [0.25, 0.3) is 0 Å². The van der Waals surface area contributed by atoms with Crippen molar-refractivity contribution in [3.8, 4) is 0 Å². The molecule has 0 aliphatic heterocycles. The Kier molecular flexibility index (Phi) is 9.25. The predicted molar refractivity (Wildman–Crippen MR) is 61.6 cm³/mol. The van der Waals surface area contributed by atoms with Gasteiger partial charge in [0.1, 0.15) is 0 Å². The van der Waals surface area contributed by atoms with Gasteiger partial charge in [-0.25, -0.2) is 0 Å². The lowest BCUT2D eigenvalue weighted by Crippen LogP contribution is -2.32. The van der Waals surface area contributed by atoms with Crippen LogP contribution in [0.3, 0.4) is 0 Å². The van der Waals surface area contributed by atoms with E-state index in [0.29, 0.717) is 12.1 Å². The zero-order chi connectivity index (χ0) is 10.1. The summed E-state index contributed by atoms with van der Waals surface area (Å²) in [6.45, 7) is 8.12. The molecule has 80 valence electrons. The normalized spacial score (nSPS) is 13.6.